The largest absolute Gasteiger partial charge is 0.486 e. The molecule has 0 saturated heterocycles. The van der Waals surface area contributed by atoms with E-state index >= 15 is 0 Å². The van der Waals surface area contributed by atoms with E-state index in [2.05, 4.69) is 20.0 Å². The van der Waals surface area contributed by atoms with Gasteiger partial charge in [-0.05, 0) is 47.8 Å². The molecule has 30 heavy (non-hydrogen) atoms. The molecule has 4 aromatic rings. The average molecular weight is 441 g/mol. The van der Waals surface area contributed by atoms with Crippen LogP contribution in [0.3, 0.4) is 0 Å². The van der Waals surface area contributed by atoms with Crippen LogP contribution in [0.1, 0.15) is 0 Å². The Morgan fingerprint density at radius 2 is 1.67 bits per heavy atom. The van der Waals surface area contributed by atoms with E-state index in [4.69, 9.17) is 9.47 Å². The van der Waals surface area contributed by atoms with E-state index in [1.54, 1.807) is 41.7 Å². The zero-order valence-electron chi connectivity index (χ0n) is 15.5. The van der Waals surface area contributed by atoms with Crippen LogP contribution in [0.15, 0.2) is 65.1 Å². The van der Waals surface area contributed by atoms with Crippen LogP contribution in [-0.4, -0.2) is 31.6 Å². The molecule has 2 aromatic heterocycles. The van der Waals surface area contributed by atoms with Crippen LogP contribution < -0.4 is 19.5 Å². The number of nitrogens with zero attached hydrogens (tertiary/aromatic N) is 2. The van der Waals surface area contributed by atoms with Gasteiger partial charge in [0, 0.05) is 17.4 Å². The van der Waals surface area contributed by atoms with Gasteiger partial charge in [0.25, 0.3) is 10.0 Å². The van der Waals surface area contributed by atoms with Crippen LogP contribution in [-0.2, 0) is 10.0 Å². The maximum Gasteiger partial charge on any atom is 0.262 e. The lowest BCUT2D eigenvalue weighted by Gasteiger charge is -2.19. The Morgan fingerprint density at radius 3 is 2.50 bits per heavy atom. The lowest BCUT2D eigenvalue weighted by Crippen LogP contribution is -2.17. The van der Waals surface area contributed by atoms with Crippen molar-refractivity contribution in [3.05, 3.63) is 60.2 Å². The van der Waals surface area contributed by atoms with E-state index in [9.17, 15) is 8.42 Å². The molecule has 10 heteroatoms. The van der Waals surface area contributed by atoms with E-state index in [1.807, 2.05) is 11.4 Å². The topological polar surface area (TPSA) is 102 Å². The van der Waals surface area contributed by atoms with Gasteiger partial charge in [0.1, 0.15) is 30.2 Å². The number of hydrogen-bond donors (Lipinski definition) is 2. The van der Waals surface area contributed by atoms with Gasteiger partial charge in [-0.15, -0.1) is 11.3 Å². The van der Waals surface area contributed by atoms with Gasteiger partial charge in [-0.3, -0.25) is 4.72 Å². The first-order valence-corrected chi connectivity index (χ1v) is 11.4. The van der Waals surface area contributed by atoms with Crippen LogP contribution >= 0.6 is 11.3 Å². The number of nitrogens with one attached hydrogen (secondary N) is 2. The summed E-state index contributed by atoms with van der Waals surface area (Å²) in [4.78, 5) is 9.52. The summed E-state index contributed by atoms with van der Waals surface area (Å²) in [7, 11) is -3.77. The van der Waals surface area contributed by atoms with Crippen LogP contribution in [0.5, 0.6) is 11.5 Å². The fourth-order valence-electron chi connectivity index (χ4n) is 3.05. The summed E-state index contributed by atoms with van der Waals surface area (Å²) in [5.74, 6) is 1.67. The number of ether oxygens (including phenoxy) is 2. The Morgan fingerprint density at radius 1 is 0.900 bits per heavy atom. The lowest BCUT2D eigenvalue weighted by atomic mass is 10.3. The molecule has 0 amide bonds. The van der Waals surface area contributed by atoms with E-state index in [0.717, 1.165) is 15.9 Å². The Labute approximate surface area is 176 Å². The number of sulfonamides is 1. The number of thiophene rings is 1. The fraction of sp³-hybridized carbons (Fsp3) is 0.100. The normalized spacial score (nSPS) is 13.2. The molecule has 0 unspecified atom stereocenters. The molecule has 0 bridgehead atoms. The van der Waals surface area contributed by atoms with Crippen LogP contribution in [0.4, 0.5) is 17.2 Å². The Bertz CT molecular complexity index is 1320. The molecule has 2 aromatic carbocycles. The maximum atomic E-state index is 12.7. The third-order valence-corrected chi connectivity index (χ3v) is 6.69. The highest BCUT2D eigenvalue weighted by atomic mass is 32.2. The van der Waals surface area contributed by atoms with Gasteiger partial charge in [0.05, 0.1) is 10.3 Å². The molecule has 0 aliphatic carbocycles. The minimum atomic E-state index is -3.77. The highest BCUT2D eigenvalue weighted by Crippen LogP contribution is 2.33. The highest BCUT2D eigenvalue weighted by molar-refractivity contribution is 7.92. The van der Waals surface area contributed by atoms with Crippen molar-refractivity contribution in [2.45, 2.75) is 4.90 Å². The molecule has 0 saturated carbocycles. The minimum absolute atomic E-state index is 0.106. The predicted molar refractivity (Wildman–Crippen MR) is 115 cm³/mol. The number of fused-ring (bicyclic) bond motifs is 2. The highest BCUT2D eigenvalue weighted by Gasteiger charge is 2.19. The molecular weight excluding hydrogens is 424 g/mol. The van der Waals surface area contributed by atoms with Crippen molar-refractivity contribution < 1.29 is 17.9 Å². The SMILES string of the molecule is O=S(=O)(Nc1ccc(Nc2ncnc3sccc23)cc1)c1ccc2c(c1)OCCO2. The van der Waals surface area contributed by atoms with Crippen molar-refractivity contribution in [2.75, 3.05) is 23.3 Å². The van der Waals surface area contributed by atoms with Crippen molar-refractivity contribution in [2.24, 2.45) is 0 Å². The Balaban J connectivity index is 1.34. The number of aromatic nitrogens is 2. The second-order valence-corrected chi connectivity index (χ2v) is 9.05. The second-order valence-electron chi connectivity index (χ2n) is 6.48. The summed E-state index contributed by atoms with van der Waals surface area (Å²) in [5.41, 5.74) is 1.22. The van der Waals surface area contributed by atoms with E-state index < -0.39 is 10.0 Å². The van der Waals surface area contributed by atoms with Crippen molar-refractivity contribution in [1.29, 1.82) is 0 Å². The summed E-state index contributed by atoms with van der Waals surface area (Å²) in [5, 5.41) is 6.13. The van der Waals surface area contributed by atoms with Crippen molar-refractivity contribution in [3.8, 4) is 11.5 Å². The number of anilines is 3. The smallest absolute Gasteiger partial charge is 0.262 e. The van der Waals surface area contributed by atoms with Crippen molar-refractivity contribution >= 4 is 48.8 Å². The summed E-state index contributed by atoms with van der Waals surface area (Å²) in [6.45, 7) is 0.840. The van der Waals surface area contributed by atoms with E-state index in [1.165, 1.54) is 18.5 Å². The minimum Gasteiger partial charge on any atom is -0.486 e. The first-order valence-electron chi connectivity index (χ1n) is 9.06. The van der Waals surface area contributed by atoms with Crippen LogP contribution in [0.2, 0.25) is 0 Å². The van der Waals surface area contributed by atoms with E-state index in [0.29, 0.717) is 36.2 Å². The second kappa shape index (κ2) is 7.47. The molecule has 0 radical (unpaired) electrons. The molecule has 5 rings (SSSR count). The Kier molecular flexibility index (Phi) is 4.64. The molecule has 1 aliphatic rings. The van der Waals surface area contributed by atoms with Gasteiger partial charge in [0.15, 0.2) is 11.5 Å². The molecule has 3 heterocycles. The number of rotatable bonds is 5. The van der Waals surface area contributed by atoms with Crippen LogP contribution in [0, 0.1) is 0 Å². The molecule has 152 valence electrons. The first kappa shape index (κ1) is 18.6. The third-order valence-electron chi connectivity index (χ3n) is 4.49. The lowest BCUT2D eigenvalue weighted by molar-refractivity contribution is 0.171. The van der Waals surface area contributed by atoms with Gasteiger partial charge in [-0.25, -0.2) is 18.4 Å². The standard InChI is InChI=1S/C20H16N4O4S2/c25-30(26,15-5-6-17-18(11-15)28-9-8-27-17)24-14-3-1-13(2-4-14)23-19-16-7-10-29-20(16)22-12-21-19/h1-7,10-12,24H,8-9H2,(H,21,22,23). The first-order chi connectivity index (χ1) is 14.6. The molecular formula is C20H16N4O4S2. The molecule has 0 atom stereocenters. The average Bonchev–Trinajstić information content (AvgIpc) is 3.24. The Hall–Kier alpha value is -3.37. The summed E-state index contributed by atoms with van der Waals surface area (Å²) in [6, 6.07) is 13.4. The quantitative estimate of drug-likeness (QED) is 0.483. The molecule has 8 nitrogen and oxygen atoms in total. The number of benzene rings is 2. The van der Waals surface area contributed by atoms with Gasteiger partial charge in [-0.1, -0.05) is 0 Å². The van der Waals surface area contributed by atoms with Gasteiger partial charge in [0.2, 0.25) is 0 Å². The van der Waals surface area contributed by atoms with Crippen molar-refractivity contribution in [3.63, 3.8) is 0 Å². The fourth-order valence-corrected chi connectivity index (χ4v) is 4.86. The van der Waals surface area contributed by atoms with Crippen molar-refractivity contribution in [1.82, 2.24) is 9.97 Å². The maximum absolute atomic E-state index is 12.7. The zero-order chi connectivity index (χ0) is 20.6. The third kappa shape index (κ3) is 3.62. The predicted octanol–water partition coefficient (Wildman–Crippen LogP) is 4.01. The molecule has 0 spiro atoms. The zero-order valence-corrected chi connectivity index (χ0v) is 17.2. The number of hydrogen-bond acceptors (Lipinski definition) is 8. The summed E-state index contributed by atoms with van der Waals surface area (Å²) in [6.07, 6.45) is 1.51. The molecule has 1 aliphatic heterocycles. The molecule has 2 N–H and O–H groups in total. The van der Waals surface area contributed by atoms with Crippen LogP contribution in [0.25, 0.3) is 10.2 Å². The van der Waals surface area contributed by atoms with E-state index in [-0.39, 0.29) is 4.90 Å². The van der Waals surface area contributed by atoms with Gasteiger partial charge < -0.3 is 14.8 Å². The summed E-state index contributed by atoms with van der Waals surface area (Å²) >= 11 is 1.54. The van der Waals surface area contributed by atoms with Gasteiger partial charge in [-0.2, -0.15) is 0 Å². The molecule has 0 fully saturated rings. The monoisotopic (exact) mass is 440 g/mol. The van der Waals surface area contributed by atoms with Gasteiger partial charge >= 0.3 is 0 Å². The summed E-state index contributed by atoms with van der Waals surface area (Å²) < 4.78 is 39.0.